The van der Waals surface area contributed by atoms with Crippen LogP contribution in [-0.4, -0.2) is 6.36 Å². The molecule has 2 aliphatic carbocycles. The monoisotopic (exact) mass is 562 g/mol. The number of nitriles is 2. The number of allylic oxidation sites excluding steroid dienone is 2. The maximum atomic E-state index is 14.3. The molecule has 2 aliphatic rings. The molecule has 0 saturated carbocycles. The van der Waals surface area contributed by atoms with Gasteiger partial charge in [0.1, 0.15) is 11.6 Å². The first-order valence-corrected chi connectivity index (χ1v) is 12.5. The fourth-order valence-electron chi connectivity index (χ4n) is 5.22. The van der Waals surface area contributed by atoms with Gasteiger partial charge in [-0.05, 0) is 63.7 Å². The Kier molecular flexibility index (Phi) is 5.75. The van der Waals surface area contributed by atoms with E-state index in [-0.39, 0.29) is 17.1 Å². The first kappa shape index (κ1) is 25.6. The van der Waals surface area contributed by atoms with Crippen molar-refractivity contribution in [3.8, 4) is 51.3 Å². The predicted octanol–water partition coefficient (Wildman–Crippen LogP) is 8.82. The average Bonchev–Trinajstić information content (AvgIpc) is 3.56. The molecule has 41 heavy (non-hydrogen) atoms. The van der Waals surface area contributed by atoms with Gasteiger partial charge < -0.3 is 4.74 Å². The summed E-state index contributed by atoms with van der Waals surface area (Å²) in [5.41, 5.74) is 5.29. The smallest absolute Gasteiger partial charge is 0.406 e. The van der Waals surface area contributed by atoms with E-state index in [9.17, 15) is 28.1 Å². The number of fused-ring (bicyclic) bond motifs is 7. The van der Waals surface area contributed by atoms with Crippen molar-refractivity contribution in [1.29, 1.82) is 10.5 Å². The highest BCUT2D eigenvalue weighted by molar-refractivity contribution is 7.16. The molecule has 0 fully saturated rings. The van der Waals surface area contributed by atoms with Gasteiger partial charge in [0, 0.05) is 32.0 Å². The first-order chi connectivity index (χ1) is 19.7. The van der Waals surface area contributed by atoms with Crippen LogP contribution in [0.4, 0.5) is 17.6 Å². The number of hydrogen-bond acceptors (Lipinski definition) is 4. The van der Waals surface area contributed by atoms with Crippen LogP contribution in [0.3, 0.4) is 0 Å². The van der Waals surface area contributed by atoms with Crippen molar-refractivity contribution in [3.63, 3.8) is 0 Å². The third kappa shape index (κ3) is 3.95. The van der Waals surface area contributed by atoms with Gasteiger partial charge in [-0.3, -0.25) is 0 Å². The van der Waals surface area contributed by atoms with Crippen molar-refractivity contribution >= 4 is 22.5 Å². The Balaban J connectivity index is 1.59. The first-order valence-electron chi connectivity index (χ1n) is 11.7. The Morgan fingerprint density at radius 2 is 1.24 bits per heavy atom. The van der Waals surface area contributed by atoms with E-state index in [1.807, 2.05) is 12.1 Å². The lowest BCUT2D eigenvalue weighted by atomic mass is 9.95. The summed E-state index contributed by atoms with van der Waals surface area (Å²) in [6, 6.07) is 18.7. The average molecular weight is 563 g/mol. The van der Waals surface area contributed by atoms with Crippen molar-refractivity contribution in [1.82, 2.24) is 0 Å². The van der Waals surface area contributed by atoms with Crippen LogP contribution in [0.1, 0.15) is 20.9 Å². The number of rotatable bonds is 2. The molecule has 0 spiro atoms. The minimum Gasteiger partial charge on any atom is -0.406 e. The van der Waals surface area contributed by atoms with Gasteiger partial charge in [0.2, 0.25) is 0 Å². The van der Waals surface area contributed by atoms with Gasteiger partial charge in [0.25, 0.3) is 11.4 Å². The molecule has 1 aromatic heterocycles. The Labute approximate surface area is 234 Å². The molecule has 0 atom stereocenters. The molecule has 10 heteroatoms. The largest absolute Gasteiger partial charge is 0.573 e. The minimum absolute atomic E-state index is 0.161. The molecule has 0 unspecified atom stereocenters. The number of nitrogens with zero attached hydrogens (tertiary/aromatic N) is 4. The highest BCUT2D eigenvalue weighted by Crippen LogP contribution is 2.61. The van der Waals surface area contributed by atoms with Crippen LogP contribution in [0.2, 0.25) is 0 Å². The lowest BCUT2D eigenvalue weighted by Gasteiger charge is -2.11. The summed E-state index contributed by atoms with van der Waals surface area (Å²) in [6.07, 6.45) is -4.82. The molecule has 1 heterocycles. The zero-order chi connectivity index (χ0) is 29.1. The molecular weight excluding hydrogens is 552 g/mol. The molecule has 194 valence electrons. The number of thiophene rings is 1. The lowest BCUT2D eigenvalue weighted by Crippen LogP contribution is -2.16. The van der Waals surface area contributed by atoms with Crippen molar-refractivity contribution in [3.05, 3.63) is 122 Å². The van der Waals surface area contributed by atoms with Gasteiger partial charge in [-0.15, -0.1) is 24.5 Å². The van der Waals surface area contributed by atoms with Gasteiger partial charge in [-0.25, -0.2) is 24.6 Å². The molecular formula is C31H10F4N4OS. The molecule has 3 aromatic carbocycles. The summed E-state index contributed by atoms with van der Waals surface area (Å²) in [7, 11) is 0. The number of benzene rings is 3. The number of ether oxygens (including phenoxy) is 1. The molecule has 6 rings (SSSR count). The van der Waals surface area contributed by atoms with Gasteiger partial charge in [-0.1, -0.05) is 30.3 Å². The zero-order valence-corrected chi connectivity index (χ0v) is 21.2. The fraction of sp³-hybridized carbons (Fsp3) is 0.0323. The Morgan fingerprint density at radius 1 is 0.732 bits per heavy atom. The standard InChI is InChI=1S/C31H10F4N4OS/c1-38-23(13-36)25-21-11-16(15-3-7-18(8-4-15)40-31(33,34)35)5-9-19(21)27-28-20-10-6-17(32)12-22(20)26(24(14-37)39-2)30(28)41-29(25)27/h3-12H/b25-23-,26-24+. The summed E-state index contributed by atoms with van der Waals surface area (Å²) in [4.78, 5) is 8.01. The van der Waals surface area contributed by atoms with Gasteiger partial charge in [0.05, 0.1) is 25.3 Å². The van der Waals surface area contributed by atoms with Crippen LogP contribution in [0.15, 0.2) is 72.1 Å². The molecule has 0 amide bonds. The molecule has 5 nitrogen and oxygen atoms in total. The minimum atomic E-state index is -4.82. The zero-order valence-electron chi connectivity index (χ0n) is 20.4. The topological polar surface area (TPSA) is 65.5 Å². The van der Waals surface area contributed by atoms with Crippen LogP contribution in [-0.2, 0) is 0 Å². The van der Waals surface area contributed by atoms with Crippen molar-refractivity contribution in [2.75, 3.05) is 0 Å². The maximum absolute atomic E-state index is 14.3. The highest BCUT2D eigenvalue weighted by atomic mass is 32.1. The molecule has 0 aliphatic heterocycles. The van der Waals surface area contributed by atoms with E-state index < -0.39 is 12.2 Å². The van der Waals surface area contributed by atoms with Crippen LogP contribution >= 0.6 is 11.3 Å². The van der Waals surface area contributed by atoms with E-state index in [1.165, 1.54) is 47.7 Å². The van der Waals surface area contributed by atoms with Crippen LogP contribution < -0.4 is 4.74 Å². The second kappa shape index (κ2) is 9.21. The number of alkyl halides is 3. The van der Waals surface area contributed by atoms with Crippen LogP contribution in [0, 0.1) is 41.6 Å². The van der Waals surface area contributed by atoms with Gasteiger partial charge in [0.15, 0.2) is 0 Å². The molecule has 4 aromatic rings. The molecule has 0 N–H and O–H groups in total. The summed E-state index contributed by atoms with van der Waals surface area (Å²) in [6.45, 7) is 15.2. The maximum Gasteiger partial charge on any atom is 0.573 e. The number of hydrogen-bond donors (Lipinski definition) is 0. The summed E-state index contributed by atoms with van der Waals surface area (Å²) in [5.74, 6) is -0.886. The van der Waals surface area contributed by atoms with E-state index in [4.69, 9.17) is 13.1 Å². The second-order valence-electron chi connectivity index (χ2n) is 8.93. The third-order valence-corrected chi connectivity index (χ3v) is 8.00. The normalized spacial score (nSPS) is 14.8. The summed E-state index contributed by atoms with van der Waals surface area (Å²) < 4.78 is 56.0. The van der Waals surface area contributed by atoms with Crippen molar-refractivity contribution < 1.29 is 22.3 Å². The van der Waals surface area contributed by atoms with E-state index in [0.29, 0.717) is 65.4 Å². The van der Waals surface area contributed by atoms with E-state index >= 15 is 0 Å². The fourth-order valence-corrected chi connectivity index (χ4v) is 6.67. The van der Waals surface area contributed by atoms with E-state index in [0.717, 1.165) is 0 Å². The van der Waals surface area contributed by atoms with Gasteiger partial charge in [-0.2, -0.15) is 0 Å². The van der Waals surface area contributed by atoms with Crippen molar-refractivity contribution in [2.24, 2.45) is 0 Å². The van der Waals surface area contributed by atoms with Crippen LogP contribution in [0.5, 0.6) is 5.75 Å². The second-order valence-corrected chi connectivity index (χ2v) is 9.95. The Morgan fingerprint density at radius 3 is 1.76 bits per heavy atom. The lowest BCUT2D eigenvalue weighted by molar-refractivity contribution is -0.274. The highest BCUT2D eigenvalue weighted by Gasteiger charge is 2.39. The molecule has 0 saturated heterocycles. The van der Waals surface area contributed by atoms with E-state index in [2.05, 4.69) is 14.4 Å². The predicted molar refractivity (Wildman–Crippen MR) is 144 cm³/mol. The SMILES string of the molecule is [C-]#[N+]/C(C#N)=C1/c2cc(-c3ccc(OC(F)(F)F)cc3)ccc2-c2c1sc1c2-c2ccc(F)cc2/C1=C(/C#N)[N+]#[C-]. The quantitative estimate of drug-likeness (QED) is 0.120. The third-order valence-electron chi connectivity index (χ3n) is 6.77. The summed E-state index contributed by atoms with van der Waals surface area (Å²) >= 11 is 1.22. The number of halogens is 4. The van der Waals surface area contributed by atoms with Crippen LogP contribution in [0.25, 0.3) is 54.2 Å². The van der Waals surface area contributed by atoms with E-state index in [1.54, 1.807) is 24.3 Å². The molecule has 0 bridgehead atoms. The van der Waals surface area contributed by atoms with Gasteiger partial charge >= 0.3 is 6.36 Å². The van der Waals surface area contributed by atoms with Crippen molar-refractivity contribution in [2.45, 2.75) is 6.36 Å². The molecule has 0 radical (unpaired) electrons. The Hall–Kier alpha value is -5.68. The summed E-state index contributed by atoms with van der Waals surface area (Å²) in [5, 5.41) is 19.5. The Bertz CT molecular complexity index is 2030.